The molecule has 0 aliphatic rings. The van der Waals surface area contributed by atoms with Gasteiger partial charge in [0.2, 0.25) is 5.13 Å². The van der Waals surface area contributed by atoms with Gasteiger partial charge in [0.25, 0.3) is 0 Å². The second kappa shape index (κ2) is 6.47. The number of aromatic nitrogens is 2. The van der Waals surface area contributed by atoms with Crippen LogP contribution in [-0.4, -0.2) is 22.4 Å². The maximum absolute atomic E-state index is 5.61. The van der Waals surface area contributed by atoms with Gasteiger partial charge in [-0.3, -0.25) is 0 Å². The van der Waals surface area contributed by atoms with E-state index < -0.39 is 0 Å². The van der Waals surface area contributed by atoms with Crippen molar-refractivity contribution >= 4 is 22.4 Å². The second-order valence-corrected chi connectivity index (χ2v) is 4.71. The van der Waals surface area contributed by atoms with E-state index in [1.807, 2.05) is 18.2 Å². The average molecular weight is 262 g/mol. The zero-order valence-corrected chi connectivity index (χ0v) is 11.4. The number of aryl methyl sites for hydroxylation is 1. The highest BCUT2D eigenvalue weighted by Crippen LogP contribution is 2.26. The Morgan fingerprint density at radius 1 is 1.28 bits per heavy atom. The molecule has 0 amide bonds. The number of para-hydroxylation sites is 1. The summed E-state index contributed by atoms with van der Waals surface area (Å²) in [4.78, 5) is 6.74. The van der Waals surface area contributed by atoms with E-state index in [1.165, 1.54) is 11.5 Å². The van der Waals surface area contributed by atoms with Crippen molar-refractivity contribution in [1.82, 2.24) is 9.36 Å². The first kappa shape index (κ1) is 13.0. The maximum atomic E-state index is 5.61. The molecule has 0 saturated carbocycles. The van der Waals surface area contributed by atoms with Gasteiger partial charge in [-0.15, -0.1) is 0 Å². The molecule has 0 radical (unpaired) electrons. The quantitative estimate of drug-likeness (QED) is 0.869. The lowest BCUT2D eigenvalue weighted by molar-refractivity contribution is 0.813. The fourth-order valence-corrected chi connectivity index (χ4v) is 2.49. The number of benzene rings is 1. The zero-order chi connectivity index (χ0) is 12.8. The van der Waals surface area contributed by atoms with Crippen LogP contribution in [0.15, 0.2) is 30.3 Å². The Labute approximate surface area is 112 Å². The van der Waals surface area contributed by atoms with Crippen molar-refractivity contribution in [2.45, 2.75) is 19.8 Å². The summed E-state index contributed by atoms with van der Waals surface area (Å²) in [7, 11) is 0. The summed E-state index contributed by atoms with van der Waals surface area (Å²) >= 11 is 1.45. The molecule has 1 aromatic carbocycles. The molecule has 0 unspecified atom stereocenters. The number of rotatable bonds is 6. The van der Waals surface area contributed by atoms with Crippen molar-refractivity contribution in [2.24, 2.45) is 5.73 Å². The van der Waals surface area contributed by atoms with E-state index in [-0.39, 0.29) is 0 Å². The third-order valence-corrected chi connectivity index (χ3v) is 3.44. The van der Waals surface area contributed by atoms with E-state index >= 15 is 0 Å². The normalized spacial score (nSPS) is 10.6. The van der Waals surface area contributed by atoms with Crippen molar-refractivity contribution in [3.05, 3.63) is 36.2 Å². The van der Waals surface area contributed by atoms with Gasteiger partial charge in [-0.25, -0.2) is 4.98 Å². The van der Waals surface area contributed by atoms with Crippen LogP contribution in [0.1, 0.15) is 19.2 Å². The first-order valence-electron chi connectivity index (χ1n) is 6.20. The van der Waals surface area contributed by atoms with Gasteiger partial charge in [-0.1, -0.05) is 25.1 Å². The summed E-state index contributed by atoms with van der Waals surface area (Å²) in [6.45, 7) is 3.63. The molecule has 1 heterocycles. The smallest absolute Gasteiger partial charge is 0.209 e. The lowest BCUT2D eigenvalue weighted by Crippen LogP contribution is -2.20. The van der Waals surface area contributed by atoms with Crippen LogP contribution in [0.25, 0.3) is 0 Å². The van der Waals surface area contributed by atoms with Gasteiger partial charge in [-0.2, -0.15) is 4.37 Å². The summed E-state index contributed by atoms with van der Waals surface area (Å²) in [6.07, 6.45) is 1.81. The fourth-order valence-electron chi connectivity index (χ4n) is 1.69. The van der Waals surface area contributed by atoms with Crippen LogP contribution < -0.4 is 10.6 Å². The van der Waals surface area contributed by atoms with Crippen molar-refractivity contribution in [1.29, 1.82) is 0 Å². The van der Waals surface area contributed by atoms with Crippen molar-refractivity contribution in [3.8, 4) is 0 Å². The summed E-state index contributed by atoms with van der Waals surface area (Å²) < 4.78 is 4.35. The fraction of sp³-hybridized carbons (Fsp3) is 0.385. The Kier molecular flexibility index (Phi) is 4.66. The molecular weight excluding hydrogens is 244 g/mol. The first-order chi connectivity index (χ1) is 8.85. The number of nitrogens with zero attached hydrogens (tertiary/aromatic N) is 3. The molecule has 0 saturated heterocycles. The van der Waals surface area contributed by atoms with Crippen LogP contribution in [0.5, 0.6) is 0 Å². The van der Waals surface area contributed by atoms with Gasteiger partial charge in [-0.05, 0) is 25.1 Å². The van der Waals surface area contributed by atoms with Gasteiger partial charge in [0.15, 0.2) is 0 Å². The van der Waals surface area contributed by atoms with Crippen LogP contribution in [0.4, 0.5) is 10.8 Å². The van der Waals surface area contributed by atoms with Crippen molar-refractivity contribution in [3.63, 3.8) is 0 Å². The van der Waals surface area contributed by atoms with E-state index in [2.05, 4.69) is 33.3 Å². The standard InChI is InChI=1S/C13H18N4S/c1-2-12-15-13(18-16-12)17(10-6-9-14)11-7-4-3-5-8-11/h3-5,7-8H,2,6,9-10,14H2,1H3. The van der Waals surface area contributed by atoms with Gasteiger partial charge < -0.3 is 10.6 Å². The molecule has 0 atom stereocenters. The highest BCUT2D eigenvalue weighted by atomic mass is 32.1. The highest BCUT2D eigenvalue weighted by molar-refractivity contribution is 7.09. The minimum atomic E-state index is 0.683. The molecule has 0 aliphatic carbocycles. The zero-order valence-electron chi connectivity index (χ0n) is 10.5. The summed E-state index contributed by atoms with van der Waals surface area (Å²) in [6, 6.07) is 10.3. The lowest BCUT2D eigenvalue weighted by atomic mass is 10.3. The van der Waals surface area contributed by atoms with E-state index in [9.17, 15) is 0 Å². The summed E-state index contributed by atoms with van der Waals surface area (Å²) in [5, 5.41) is 0.950. The Bertz CT molecular complexity index is 469. The molecule has 0 bridgehead atoms. The Morgan fingerprint density at radius 2 is 2.06 bits per heavy atom. The van der Waals surface area contributed by atoms with Crippen LogP contribution in [-0.2, 0) is 6.42 Å². The molecular formula is C13H18N4S. The third kappa shape index (κ3) is 3.05. The predicted molar refractivity (Wildman–Crippen MR) is 76.4 cm³/mol. The largest absolute Gasteiger partial charge is 0.330 e. The molecule has 0 aliphatic heterocycles. The summed E-state index contributed by atoms with van der Waals surface area (Å²) in [5.41, 5.74) is 6.75. The Morgan fingerprint density at radius 3 is 2.67 bits per heavy atom. The molecule has 2 rings (SSSR count). The minimum Gasteiger partial charge on any atom is -0.330 e. The van der Waals surface area contributed by atoms with E-state index in [4.69, 9.17) is 5.73 Å². The topological polar surface area (TPSA) is 55.0 Å². The van der Waals surface area contributed by atoms with Gasteiger partial charge in [0.05, 0.1) is 0 Å². The van der Waals surface area contributed by atoms with Gasteiger partial charge >= 0.3 is 0 Å². The number of hydrogen-bond donors (Lipinski definition) is 1. The number of anilines is 2. The monoisotopic (exact) mass is 262 g/mol. The summed E-state index contributed by atoms with van der Waals surface area (Å²) in [5.74, 6) is 0.906. The molecule has 2 N–H and O–H groups in total. The van der Waals surface area contributed by atoms with Crippen LogP contribution in [0, 0.1) is 0 Å². The molecule has 18 heavy (non-hydrogen) atoms. The van der Waals surface area contributed by atoms with Crippen molar-refractivity contribution < 1.29 is 0 Å². The SMILES string of the molecule is CCc1nsc(N(CCCN)c2ccccc2)n1. The molecule has 2 aromatic rings. The van der Waals surface area contributed by atoms with Gasteiger partial charge in [0.1, 0.15) is 5.82 Å². The van der Waals surface area contributed by atoms with E-state index in [0.29, 0.717) is 6.54 Å². The molecule has 0 fully saturated rings. The second-order valence-electron chi connectivity index (χ2n) is 3.98. The van der Waals surface area contributed by atoms with Gasteiger partial charge in [0, 0.05) is 30.2 Å². The molecule has 96 valence electrons. The van der Waals surface area contributed by atoms with Crippen LogP contribution >= 0.6 is 11.5 Å². The van der Waals surface area contributed by atoms with E-state index in [0.717, 1.165) is 36.0 Å². The maximum Gasteiger partial charge on any atom is 0.209 e. The average Bonchev–Trinajstić information content (AvgIpc) is 2.89. The Hall–Kier alpha value is -1.46. The van der Waals surface area contributed by atoms with Crippen molar-refractivity contribution in [2.75, 3.05) is 18.0 Å². The number of nitrogens with two attached hydrogens (primary N) is 1. The molecule has 5 heteroatoms. The molecule has 1 aromatic heterocycles. The van der Waals surface area contributed by atoms with E-state index in [1.54, 1.807) is 0 Å². The Balaban J connectivity index is 2.24. The predicted octanol–water partition coefficient (Wildman–Crippen LogP) is 2.59. The van der Waals surface area contributed by atoms with Crippen LogP contribution in [0.3, 0.4) is 0 Å². The highest BCUT2D eigenvalue weighted by Gasteiger charge is 2.13. The lowest BCUT2D eigenvalue weighted by Gasteiger charge is -2.21. The minimum absolute atomic E-state index is 0.683. The molecule has 4 nitrogen and oxygen atoms in total. The molecule has 0 spiro atoms. The first-order valence-corrected chi connectivity index (χ1v) is 6.97. The third-order valence-electron chi connectivity index (χ3n) is 2.66. The van der Waals surface area contributed by atoms with Crippen LogP contribution in [0.2, 0.25) is 0 Å². The number of hydrogen-bond acceptors (Lipinski definition) is 5.